The number of carbonyl (C=O) groups excluding carboxylic acids is 1. The maximum atomic E-state index is 11.1. The molecule has 1 aliphatic heterocycles. The van der Waals surface area contributed by atoms with Gasteiger partial charge < -0.3 is 10.3 Å². The first-order chi connectivity index (χ1) is 6.16. The molecule has 1 aliphatic rings. The molecule has 1 amide bonds. The summed E-state index contributed by atoms with van der Waals surface area (Å²) in [6.45, 7) is 0. The summed E-state index contributed by atoms with van der Waals surface area (Å²) in [5, 5.41) is 2.79. The Labute approximate surface area is 75.8 Å². The third kappa shape index (κ3) is 1.37. The van der Waals surface area contributed by atoms with E-state index in [1.807, 2.05) is 4.98 Å². The highest BCUT2D eigenvalue weighted by Crippen LogP contribution is 2.24. The lowest BCUT2D eigenvalue weighted by molar-refractivity contribution is -0.113. The van der Waals surface area contributed by atoms with Crippen molar-refractivity contribution in [1.29, 1.82) is 0 Å². The van der Waals surface area contributed by atoms with Crippen molar-refractivity contribution in [2.24, 2.45) is 0 Å². The Morgan fingerprint density at radius 1 is 1.15 bits per heavy atom. The number of hydrogen-bond donors (Lipinski definition) is 3. The van der Waals surface area contributed by atoms with Gasteiger partial charge in [-0.1, -0.05) is 11.8 Å². The molecule has 0 atom stereocenters. The number of nitrogens with one attached hydrogen (secondary N) is 3. The van der Waals surface area contributed by atoms with Crippen LogP contribution in [-0.4, -0.2) is 21.6 Å². The number of aromatic nitrogens is 2. The van der Waals surface area contributed by atoms with Gasteiger partial charge in [-0.05, 0) is 0 Å². The minimum Gasteiger partial charge on any atom is -0.319 e. The van der Waals surface area contributed by atoms with Gasteiger partial charge in [-0.2, -0.15) is 0 Å². The minimum absolute atomic E-state index is 0.126. The van der Waals surface area contributed by atoms with Crippen LogP contribution in [0.5, 0.6) is 0 Å². The number of H-pyrrole nitrogens is 2. The van der Waals surface area contributed by atoms with Crippen LogP contribution in [0, 0.1) is 0 Å². The van der Waals surface area contributed by atoms with Crippen LogP contribution in [0.2, 0.25) is 0 Å². The summed E-state index contributed by atoms with van der Waals surface area (Å²) < 4.78 is 0. The second-order valence-corrected chi connectivity index (χ2v) is 3.43. The van der Waals surface area contributed by atoms with E-state index in [2.05, 4.69) is 10.3 Å². The fourth-order valence-corrected chi connectivity index (χ4v) is 1.80. The van der Waals surface area contributed by atoms with Crippen molar-refractivity contribution in [2.75, 3.05) is 11.1 Å². The Morgan fingerprint density at radius 2 is 1.92 bits per heavy atom. The molecule has 68 valence electrons. The van der Waals surface area contributed by atoms with E-state index in [-0.39, 0.29) is 17.3 Å². The summed E-state index contributed by atoms with van der Waals surface area (Å²) in [4.78, 5) is 37.3. The van der Waals surface area contributed by atoms with Crippen LogP contribution in [0.25, 0.3) is 0 Å². The SMILES string of the molecule is O=C1CSc2[nH]c(=O)[nH]c(=O)c2N1. The van der Waals surface area contributed by atoms with Gasteiger partial charge in [0, 0.05) is 0 Å². The molecule has 7 heteroatoms. The highest BCUT2D eigenvalue weighted by atomic mass is 32.2. The Morgan fingerprint density at radius 3 is 2.69 bits per heavy atom. The van der Waals surface area contributed by atoms with Crippen LogP contribution < -0.4 is 16.6 Å². The molecule has 0 fully saturated rings. The number of amides is 1. The topological polar surface area (TPSA) is 94.8 Å². The molecular formula is C6H5N3O3S. The maximum Gasteiger partial charge on any atom is 0.326 e. The molecule has 0 bridgehead atoms. The monoisotopic (exact) mass is 199 g/mol. The number of aromatic amines is 2. The molecule has 6 nitrogen and oxygen atoms in total. The number of hydrogen-bond acceptors (Lipinski definition) is 4. The summed E-state index contributed by atoms with van der Waals surface area (Å²) in [5.74, 6) is -0.0260. The fraction of sp³-hybridized carbons (Fsp3) is 0.167. The minimum atomic E-state index is -0.570. The highest BCUT2D eigenvalue weighted by Gasteiger charge is 2.18. The van der Waals surface area contributed by atoms with Crippen molar-refractivity contribution in [3.63, 3.8) is 0 Å². The van der Waals surface area contributed by atoms with E-state index in [9.17, 15) is 14.4 Å². The van der Waals surface area contributed by atoms with E-state index in [0.717, 1.165) is 11.8 Å². The van der Waals surface area contributed by atoms with Gasteiger partial charge in [-0.3, -0.25) is 14.6 Å². The summed E-state index contributed by atoms with van der Waals surface area (Å²) in [7, 11) is 0. The van der Waals surface area contributed by atoms with Gasteiger partial charge in [0.05, 0.1) is 5.75 Å². The summed E-state index contributed by atoms with van der Waals surface area (Å²) >= 11 is 1.14. The normalized spacial score (nSPS) is 14.9. The van der Waals surface area contributed by atoms with E-state index in [4.69, 9.17) is 0 Å². The fourth-order valence-electron chi connectivity index (χ4n) is 1.00. The van der Waals surface area contributed by atoms with Crippen molar-refractivity contribution in [3.8, 4) is 0 Å². The van der Waals surface area contributed by atoms with Crippen molar-refractivity contribution in [2.45, 2.75) is 5.03 Å². The molecule has 2 rings (SSSR count). The molecule has 0 radical (unpaired) electrons. The molecule has 1 aromatic heterocycles. The number of fused-ring (bicyclic) bond motifs is 1. The molecular weight excluding hydrogens is 194 g/mol. The van der Waals surface area contributed by atoms with Crippen LogP contribution in [0.1, 0.15) is 0 Å². The first-order valence-electron chi connectivity index (χ1n) is 3.46. The van der Waals surface area contributed by atoms with E-state index in [1.165, 1.54) is 0 Å². The van der Waals surface area contributed by atoms with Crippen molar-refractivity contribution in [3.05, 3.63) is 20.8 Å². The Balaban J connectivity index is 2.66. The van der Waals surface area contributed by atoms with Crippen LogP contribution in [0.15, 0.2) is 14.6 Å². The molecule has 0 aromatic carbocycles. The second kappa shape index (κ2) is 2.77. The van der Waals surface area contributed by atoms with Gasteiger partial charge in [-0.25, -0.2) is 4.79 Å². The zero-order valence-electron chi connectivity index (χ0n) is 6.34. The summed E-state index contributed by atoms with van der Waals surface area (Å²) in [6, 6.07) is 0. The summed E-state index contributed by atoms with van der Waals surface area (Å²) in [5.41, 5.74) is -1.01. The molecule has 13 heavy (non-hydrogen) atoms. The predicted octanol–water partition coefficient (Wildman–Crippen LogP) is -0.893. The van der Waals surface area contributed by atoms with Crippen LogP contribution in [-0.2, 0) is 4.79 Å². The molecule has 0 aliphatic carbocycles. The average molecular weight is 199 g/mol. The molecule has 2 heterocycles. The lowest BCUT2D eigenvalue weighted by atomic mass is 10.5. The number of thioether (sulfide) groups is 1. The van der Waals surface area contributed by atoms with E-state index >= 15 is 0 Å². The van der Waals surface area contributed by atoms with Gasteiger partial charge in [0.1, 0.15) is 10.7 Å². The third-order valence-electron chi connectivity index (χ3n) is 1.52. The first-order valence-corrected chi connectivity index (χ1v) is 4.44. The van der Waals surface area contributed by atoms with Crippen molar-refractivity contribution < 1.29 is 4.79 Å². The smallest absolute Gasteiger partial charge is 0.319 e. The van der Waals surface area contributed by atoms with Crippen LogP contribution in [0.4, 0.5) is 5.69 Å². The largest absolute Gasteiger partial charge is 0.326 e. The first kappa shape index (κ1) is 8.11. The van der Waals surface area contributed by atoms with E-state index in [1.54, 1.807) is 0 Å². The van der Waals surface area contributed by atoms with Gasteiger partial charge >= 0.3 is 5.69 Å². The van der Waals surface area contributed by atoms with E-state index in [0.29, 0.717) is 5.03 Å². The third-order valence-corrected chi connectivity index (χ3v) is 2.52. The Bertz CT molecular complexity index is 475. The highest BCUT2D eigenvalue weighted by molar-refractivity contribution is 8.00. The predicted molar refractivity (Wildman–Crippen MR) is 47.0 cm³/mol. The van der Waals surface area contributed by atoms with Crippen molar-refractivity contribution in [1.82, 2.24) is 9.97 Å². The lowest BCUT2D eigenvalue weighted by Crippen LogP contribution is -2.31. The van der Waals surface area contributed by atoms with E-state index < -0.39 is 11.2 Å². The maximum absolute atomic E-state index is 11.1. The molecule has 3 N–H and O–H groups in total. The molecule has 0 unspecified atom stereocenters. The number of anilines is 1. The molecule has 0 saturated carbocycles. The van der Waals surface area contributed by atoms with Gasteiger partial charge in [0.25, 0.3) is 5.56 Å². The zero-order chi connectivity index (χ0) is 9.42. The average Bonchev–Trinajstić information content (AvgIpc) is 2.06. The molecule has 0 spiro atoms. The zero-order valence-corrected chi connectivity index (χ0v) is 7.16. The number of rotatable bonds is 0. The number of carbonyl (C=O) groups is 1. The Hall–Kier alpha value is -1.50. The van der Waals surface area contributed by atoms with Gasteiger partial charge in [-0.15, -0.1) is 0 Å². The second-order valence-electron chi connectivity index (χ2n) is 2.45. The summed E-state index contributed by atoms with van der Waals surface area (Å²) in [6.07, 6.45) is 0. The van der Waals surface area contributed by atoms with Gasteiger partial charge in [0.2, 0.25) is 5.91 Å². The standard InChI is InChI=1S/C6H5N3O3S/c10-2-1-13-5-3(7-2)4(11)8-6(12)9-5/h1H2,(H,7,10)(H2,8,9,11,12). The molecule has 0 saturated heterocycles. The van der Waals surface area contributed by atoms with Crippen LogP contribution in [0.3, 0.4) is 0 Å². The Kier molecular flexibility index (Phi) is 1.73. The van der Waals surface area contributed by atoms with Crippen molar-refractivity contribution >= 4 is 23.4 Å². The molecule has 1 aromatic rings. The lowest BCUT2D eigenvalue weighted by Gasteiger charge is -2.13. The van der Waals surface area contributed by atoms with Crippen LogP contribution >= 0.6 is 11.8 Å². The quantitative estimate of drug-likeness (QED) is 0.472. The van der Waals surface area contributed by atoms with Gasteiger partial charge in [0.15, 0.2) is 0 Å².